The Labute approximate surface area is 179 Å². The number of benzene rings is 2. The number of fused-ring (bicyclic) bond motifs is 2. The summed E-state index contributed by atoms with van der Waals surface area (Å²) < 4.78 is 58.5. The molecular formula is C23H16F4N4O. The highest BCUT2D eigenvalue weighted by molar-refractivity contribution is 5.81. The third-order valence-corrected chi connectivity index (χ3v) is 5.51. The Morgan fingerprint density at radius 1 is 0.938 bits per heavy atom. The molecule has 0 bridgehead atoms. The van der Waals surface area contributed by atoms with Crippen LogP contribution in [-0.2, 0) is 12.1 Å². The van der Waals surface area contributed by atoms with Crippen molar-refractivity contribution >= 4 is 21.9 Å². The first-order chi connectivity index (χ1) is 15.3. The van der Waals surface area contributed by atoms with E-state index in [-0.39, 0.29) is 5.56 Å². The molecule has 0 aliphatic rings. The monoisotopic (exact) mass is 440 g/mol. The van der Waals surface area contributed by atoms with E-state index in [1.807, 2.05) is 0 Å². The highest BCUT2D eigenvalue weighted by Crippen LogP contribution is 2.41. The van der Waals surface area contributed by atoms with E-state index in [1.54, 1.807) is 18.2 Å². The van der Waals surface area contributed by atoms with E-state index in [0.29, 0.717) is 27.6 Å². The second-order valence-electron chi connectivity index (χ2n) is 7.52. The topological polar surface area (TPSA) is 55.9 Å². The van der Waals surface area contributed by atoms with Crippen LogP contribution in [0.5, 0.6) is 0 Å². The zero-order chi connectivity index (χ0) is 22.5. The number of halogens is 4. The smallest absolute Gasteiger partial charge is 0.375 e. The van der Waals surface area contributed by atoms with Gasteiger partial charge < -0.3 is 9.67 Å². The molecule has 32 heavy (non-hydrogen) atoms. The number of alkyl halides is 3. The van der Waals surface area contributed by atoms with Crippen LogP contribution in [0.4, 0.5) is 17.6 Å². The van der Waals surface area contributed by atoms with Crippen molar-refractivity contribution in [3.63, 3.8) is 0 Å². The summed E-state index contributed by atoms with van der Waals surface area (Å²) in [5.41, 5.74) is -2.03. The zero-order valence-corrected chi connectivity index (χ0v) is 16.5. The summed E-state index contributed by atoms with van der Waals surface area (Å²) in [5.74, 6) is -0.408. The normalized spacial score (nSPS) is 14.2. The Kier molecular flexibility index (Phi) is 4.52. The predicted octanol–water partition coefficient (Wildman–Crippen LogP) is 4.96. The van der Waals surface area contributed by atoms with Gasteiger partial charge in [0.05, 0.1) is 23.9 Å². The van der Waals surface area contributed by atoms with Gasteiger partial charge in [-0.1, -0.05) is 6.07 Å². The molecule has 0 saturated heterocycles. The summed E-state index contributed by atoms with van der Waals surface area (Å²) in [6, 6.07) is 14.6. The van der Waals surface area contributed by atoms with Crippen LogP contribution in [0.3, 0.4) is 0 Å². The molecule has 3 aromatic heterocycles. The van der Waals surface area contributed by atoms with Gasteiger partial charge in [0.25, 0.3) is 0 Å². The van der Waals surface area contributed by atoms with Crippen molar-refractivity contribution in [3.05, 3.63) is 90.6 Å². The largest absolute Gasteiger partial charge is 0.423 e. The van der Waals surface area contributed by atoms with Crippen molar-refractivity contribution in [2.75, 3.05) is 0 Å². The van der Waals surface area contributed by atoms with Gasteiger partial charge in [0, 0.05) is 23.2 Å². The van der Waals surface area contributed by atoms with E-state index >= 15 is 0 Å². The van der Waals surface area contributed by atoms with Crippen molar-refractivity contribution < 1.29 is 22.7 Å². The fraction of sp³-hybridized carbons (Fsp3) is 0.130. The lowest BCUT2D eigenvalue weighted by Crippen LogP contribution is -2.45. The first-order valence-corrected chi connectivity index (χ1v) is 9.69. The minimum atomic E-state index is -4.95. The summed E-state index contributed by atoms with van der Waals surface area (Å²) in [6.45, 7) is -0.755. The molecular weight excluding hydrogens is 424 g/mol. The first kappa shape index (κ1) is 20.2. The van der Waals surface area contributed by atoms with Gasteiger partial charge in [-0.3, -0.25) is 0 Å². The van der Waals surface area contributed by atoms with E-state index in [9.17, 15) is 22.7 Å². The summed E-state index contributed by atoms with van der Waals surface area (Å²) in [5, 5.41) is 16.2. The minimum Gasteiger partial charge on any atom is -0.375 e. The van der Waals surface area contributed by atoms with Gasteiger partial charge in [-0.2, -0.15) is 18.3 Å². The maximum atomic E-state index is 14.2. The summed E-state index contributed by atoms with van der Waals surface area (Å²) >= 11 is 0. The van der Waals surface area contributed by atoms with E-state index in [4.69, 9.17) is 0 Å². The number of hydrogen-bond acceptors (Lipinski definition) is 3. The van der Waals surface area contributed by atoms with Crippen molar-refractivity contribution in [2.45, 2.75) is 18.3 Å². The van der Waals surface area contributed by atoms with E-state index in [2.05, 4.69) is 10.1 Å². The molecule has 0 aliphatic heterocycles. The molecule has 2 aromatic carbocycles. The van der Waals surface area contributed by atoms with Crippen molar-refractivity contribution in [2.24, 2.45) is 0 Å². The molecule has 0 amide bonds. The standard InChI is InChI=1S/C23H16F4N4O/c24-18-4-6-19(7-5-18)31-20-8-3-17(12-16(20)13-29-31)22(32,23(25,26)27)14-30-11-9-15-2-1-10-28-21(15)30/h1-13,32H,14H2. The summed E-state index contributed by atoms with van der Waals surface area (Å²) in [6.07, 6.45) is -0.578. The Morgan fingerprint density at radius 2 is 1.72 bits per heavy atom. The maximum Gasteiger partial charge on any atom is 0.423 e. The van der Waals surface area contributed by atoms with Crippen LogP contribution < -0.4 is 0 Å². The van der Waals surface area contributed by atoms with Gasteiger partial charge in [-0.25, -0.2) is 14.1 Å². The maximum absolute atomic E-state index is 14.2. The highest BCUT2D eigenvalue weighted by Gasteiger charge is 2.55. The Bertz CT molecular complexity index is 1420. The zero-order valence-electron chi connectivity index (χ0n) is 16.5. The van der Waals surface area contributed by atoms with Crippen molar-refractivity contribution in [1.29, 1.82) is 0 Å². The number of rotatable bonds is 4. The molecule has 3 heterocycles. The Balaban J connectivity index is 1.59. The molecule has 162 valence electrons. The molecule has 1 N–H and O–H groups in total. The third-order valence-electron chi connectivity index (χ3n) is 5.51. The van der Waals surface area contributed by atoms with Crippen LogP contribution in [0.15, 0.2) is 79.3 Å². The number of aromatic nitrogens is 4. The van der Waals surface area contributed by atoms with Crippen LogP contribution in [0.2, 0.25) is 0 Å². The van der Waals surface area contributed by atoms with E-state index < -0.39 is 24.1 Å². The van der Waals surface area contributed by atoms with Crippen LogP contribution in [0.25, 0.3) is 27.6 Å². The lowest BCUT2D eigenvalue weighted by molar-refractivity contribution is -0.271. The molecule has 0 saturated carbocycles. The van der Waals surface area contributed by atoms with Gasteiger partial charge in [0.1, 0.15) is 11.5 Å². The van der Waals surface area contributed by atoms with Gasteiger partial charge in [0.2, 0.25) is 5.60 Å². The van der Waals surface area contributed by atoms with Gasteiger partial charge in [0.15, 0.2) is 0 Å². The van der Waals surface area contributed by atoms with Gasteiger partial charge in [-0.05, 0) is 60.2 Å². The number of pyridine rings is 1. The average molecular weight is 440 g/mol. The lowest BCUT2D eigenvalue weighted by atomic mass is 9.92. The molecule has 0 aliphatic carbocycles. The lowest BCUT2D eigenvalue weighted by Gasteiger charge is -2.31. The van der Waals surface area contributed by atoms with Crippen LogP contribution in [0.1, 0.15) is 5.56 Å². The molecule has 9 heteroatoms. The molecule has 5 nitrogen and oxygen atoms in total. The number of nitrogens with zero attached hydrogens (tertiary/aromatic N) is 4. The molecule has 5 rings (SSSR count). The average Bonchev–Trinajstić information content (AvgIpc) is 3.37. The quantitative estimate of drug-likeness (QED) is 0.402. The highest BCUT2D eigenvalue weighted by atomic mass is 19.4. The molecule has 0 fully saturated rings. The third kappa shape index (κ3) is 3.21. The fourth-order valence-electron chi connectivity index (χ4n) is 3.82. The first-order valence-electron chi connectivity index (χ1n) is 9.69. The second-order valence-corrected chi connectivity index (χ2v) is 7.52. The molecule has 0 radical (unpaired) electrons. The summed E-state index contributed by atoms with van der Waals surface area (Å²) in [4.78, 5) is 4.14. The molecule has 1 unspecified atom stereocenters. The Morgan fingerprint density at radius 3 is 2.47 bits per heavy atom. The second kappa shape index (κ2) is 7.16. The number of aliphatic hydroxyl groups is 1. The molecule has 0 spiro atoms. The van der Waals surface area contributed by atoms with Crippen molar-refractivity contribution in [3.8, 4) is 5.69 Å². The van der Waals surface area contributed by atoms with Gasteiger partial charge in [-0.15, -0.1) is 0 Å². The minimum absolute atomic E-state index is 0.311. The molecule has 1 atom stereocenters. The number of hydrogen-bond donors (Lipinski definition) is 1. The predicted molar refractivity (Wildman–Crippen MR) is 111 cm³/mol. The van der Waals surface area contributed by atoms with Crippen molar-refractivity contribution in [1.82, 2.24) is 19.3 Å². The van der Waals surface area contributed by atoms with E-state index in [1.165, 1.54) is 70.3 Å². The fourth-order valence-corrected chi connectivity index (χ4v) is 3.82. The van der Waals surface area contributed by atoms with Crippen LogP contribution in [-0.4, -0.2) is 30.6 Å². The SMILES string of the molecule is OC(Cn1ccc2cccnc21)(c1ccc2c(cnn2-c2ccc(F)cc2)c1)C(F)(F)F. The summed E-state index contributed by atoms with van der Waals surface area (Å²) in [7, 11) is 0. The van der Waals surface area contributed by atoms with Crippen LogP contribution in [0, 0.1) is 5.82 Å². The van der Waals surface area contributed by atoms with E-state index in [0.717, 1.165) is 0 Å². The van der Waals surface area contributed by atoms with Crippen LogP contribution >= 0.6 is 0 Å². The Hall–Kier alpha value is -3.72. The van der Waals surface area contributed by atoms with Gasteiger partial charge >= 0.3 is 6.18 Å². The molecule has 5 aromatic rings.